The molecule has 2 fully saturated rings. The zero-order valence-electron chi connectivity index (χ0n) is 10.9. The van der Waals surface area contributed by atoms with Gasteiger partial charge < -0.3 is 10.2 Å². The number of halogens is 1. The van der Waals surface area contributed by atoms with Crippen molar-refractivity contribution in [2.75, 3.05) is 18.0 Å². The highest BCUT2D eigenvalue weighted by atomic mass is 79.9. The van der Waals surface area contributed by atoms with Crippen LogP contribution >= 0.6 is 15.9 Å². The number of rotatable bonds is 3. The lowest BCUT2D eigenvalue weighted by molar-refractivity contribution is -0.127. The topological polar surface area (TPSA) is 32.3 Å². The van der Waals surface area contributed by atoms with Crippen LogP contribution in [-0.2, 0) is 4.79 Å². The molecule has 0 aromatic heterocycles. The molecule has 1 aromatic carbocycles. The van der Waals surface area contributed by atoms with Gasteiger partial charge in [0.25, 0.3) is 0 Å². The number of carbonyl (C=O) groups excluding carboxylic acids is 1. The molecular weight excluding hydrogens is 304 g/mol. The van der Waals surface area contributed by atoms with Crippen molar-refractivity contribution >= 4 is 27.5 Å². The average molecular weight is 323 g/mol. The summed E-state index contributed by atoms with van der Waals surface area (Å²) >= 11 is 3.45. The Hall–Kier alpha value is -1.03. The Kier molecular flexibility index (Phi) is 3.78. The number of hydrogen-bond acceptors (Lipinski definition) is 2. The molecule has 3 nitrogen and oxygen atoms in total. The minimum atomic E-state index is 0.272. The van der Waals surface area contributed by atoms with E-state index in [9.17, 15) is 4.79 Å². The first kappa shape index (κ1) is 13.0. The van der Waals surface area contributed by atoms with E-state index in [2.05, 4.69) is 50.4 Å². The SMILES string of the molecule is O=C(NC1CCN(c2ccc(Br)cc2)C1)C1CCC1. The van der Waals surface area contributed by atoms with Gasteiger partial charge >= 0.3 is 0 Å². The maximum Gasteiger partial charge on any atom is 0.223 e. The summed E-state index contributed by atoms with van der Waals surface area (Å²) in [5.74, 6) is 0.565. The van der Waals surface area contributed by atoms with Crippen molar-refractivity contribution in [3.63, 3.8) is 0 Å². The smallest absolute Gasteiger partial charge is 0.223 e. The lowest BCUT2D eigenvalue weighted by atomic mass is 9.84. The lowest BCUT2D eigenvalue weighted by Gasteiger charge is -2.26. The predicted octanol–water partition coefficient (Wildman–Crippen LogP) is 2.94. The quantitative estimate of drug-likeness (QED) is 0.928. The summed E-state index contributed by atoms with van der Waals surface area (Å²) in [5, 5.41) is 3.20. The highest BCUT2D eigenvalue weighted by Crippen LogP contribution is 2.27. The molecule has 1 atom stereocenters. The Morgan fingerprint density at radius 3 is 2.58 bits per heavy atom. The van der Waals surface area contributed by atoms with Crippen molar-refractivity contribution in [1.29, 1.82) is 0 Å². The first-order valence-corrected chi connectivity index (χ1v) is 7.82. The molecule has 0 bridgehead atoms. The molecule has 1 amide bonds. The second-order valence-corrected chi connectivity index (χ2v) is 6.46. The molecule has 1 saturated carbocycles. The normalized spacial score (nSPS) is 23.2. The average Bonchev–Trinajstić information content (AvgIpc) is 2.76. The maximum absolute atomic E-state index is 11.9. The fraction of sp³-hybridized carbons (Fsp3) is 0.533. The molecule has 1 unspecified atom stereocenters. The Morgan fingerprint density at radius 2 is 1.95 bits per heavy atom. The van der Waals surface area contributed by atoms with Gasteiger partial charge in [-0.15, -0.1) is 0 Å². The molecule has 2 aliphatic rings. The monoisotopic (exact) mass is 322 g/mol. The standard InChI is InChI=1S/C15H19BrN2O/c16-12-4-6-14(7-5-12)18-9-8-13(10-18)17-15(19)11-2-1-3-11/h4-7,11,13H,1-3,8-10H2,(H,17,19). The van der Waals surface area contributed by atoms with Crippen molar-refractivity contribution in [2.24, 2.45) is 5.92 Å². The number of nitrogens with one attached hydrogen (secondary N) is 1. The number of anilines is 1. The van der Waals surface area contributed by atoms with Gasteiger partial charge in [-0.25, -0.2) is 0 Å². The van der Waals surface area contributed by atoms with Gasteiger partial charge in [-0.1, -0.05) is 22.4 Å². The van der Waals surface area contributed by atoms with Gasteiger partial charge in [0.15, 0.2) is 0 Å². The van der Waals surface area contributed by atoms with Gasteiger partial charge in [-0.3, -0.25) is 4.79 Å². The molecule has 0 spiro atoms. The second kappa shape index (κ2) is 5.53. The summed E-state index contributed by atoms with van der Waals surface area (Å²) in [7, 11) is 0. The largest absolute Gasteiger partial charge is 0.369 e. The fourth-order valence-electron chi connectivity index (χ4n) is 2.75. The Labute approximate surface area is 122 Å². The van der Waals surface area contributed by atoms with Crippen LogP contribution in [0.15, 0.2) is 28.7 Å². The molecule has 1 heterocycles. The van der Waals surface area contributed by atoms with E-state index in [1.807, 2.05) is 0 Å². The molecule has 1 aromatic rings. The van der Waals surface area contributed by atoms with Gasteiger partial charge in [-0.05, 0) is 43.5 Å². The van der Waals surface area contributed by atoms with E-state index in [0.29, 0.717) is 12.0 Å². The van der Waals surface area contributed by atoms with Crippen molar-refractivity contribution < 1.29 is 4.79 Å². The van der Waals surface area contributed by atoms with Gasteiger partial charge in [0.05, 0.1) is 0 Å². The van der Waals surface area contributed by atoms with Gasteiger partial charge in [-0.2, -0.15) is 0 Å². The minimum Gasteiger partial charge on any atom is -0.369 e. The predicted molar refractivity (Wildman–Crippen MR) is 80.2 cm³/mol. The summed E-state index contributed by atoms with van der Waals surface area (Å²) in [4.78, 5) is 14.3. The van der Waals surface area contributed by atoms with Crippen LogP contribution in [0.2, 0.25) is 0 Å². The maximum atomic E-state index is 11.9. The number of hydrogen-bond donors (Lipinski definition) is 1. The van der Waals surface area contributed by atoms with Crippen molar-refractivity contribution in [3.05, 3.63) is 28.7 Å². The summed E-state index contributed by atoms with van der Waals surface area (Å²) < 4.78 is 1.10. The second-order valence-electron chi connectivity index (χ2n) is 5.54. The van der Waals surface area contributed by atoms with Gasteiger partial charge in [0, 0.05) is 35.2 Å². The number of amides is 1. The van der Waals surface area contributed by atoms with Crippen LogP contribution in [0.4, 0.5) is 5.69 Å². The molecule has 3 rings (SSSR count). The summed E-state index contributed by atoms with van der Waals surface area (Å²) in [6.07, 6.45) is 4.42. The van der Waals surface area contributed by atoms with E-state index in [1.165, 1.54) is 12.1 Å². The van der Waals surface area contributed by atoms with Crippen molar-refractivity contribution in [2.45, 2.75) is 31.7 Å². The molecule has 1 N–H and O–H groups in total. The lowest BCUT2D eigenvalue weighted by Crippen LogP contribution is -2.42. The van der Waals surface area contributed by atoms with Gasteiger partial charge in [0.1, 0.15) is 0 Å². The summed E-state index contributed by atoms with van der Waals surface area (Å²) in [5.41, 5.74) is 1.24. The van der Waals surface area contributed by atoms with Crippen LogP contribution in [-0.4, -0.2) is 25.0 Å². The van der Waals surface area contributed by atoms with E-state index in [-0.39, 0.29) is 5.91 Å². The molecule has 1 aliphatic heterocycles. The van der Waals surface area contributed by atoms with E-state index >= 15 is 0 Å². The molecule has 4 heteroatoms. The van der Waals surface area contributed by atoms with Crippen LogP contribution in [0.5, 0.6) is 0 Å². The van der Waals surface area contributed by atoms with Gasteiger partial charge in [0.2, 0.25) is 5.91 Å². The zero-order valence-corrected chi connectivity index (χ0v) is 12.5. The molecule has 1 aliphatic carbocycles. The first-order valence-electron chi connectivity index (χ1n) is 7.03. The van der Waals surface area contributed by atoms with Crippen LogP contribution in [0.1, 0.15) is 25.7 Å². The van der Waals surface area contributed by atoms with E-state index in [1.54, 1.807) is 0 Å². The van der Waals surface area contributed by atoms with E-state index in [4.69, 9.17) is 0 Å². The third-order valence-corrected chi connectivity index (χ3v) is 4.73. The van der Waals surface area contributed by atoms with E-state index < -0.39 is 0 Å². The Balaban J connectivity index is 1.54. The molecule has 0 radical (unpaired) electrons. The molecule has 19 heavy (non-hydrogen) atoms. The summed E-state index contributed by atoms with van der Waals surface area (Å²) in [6.45, 7) is 1.96. The number of carbonyl (C=O) groups is 1. The summed E-state index contributed by atoms with van der Waals surface area (Å²) in [6, 6.07) is 8.70. The minimum absolute atomic E-state index is 0.272. The van der Waals surface area contributed by atoms with Crippen LogP contribution in [0.3, 0.4) is 0 Å². The van der Waals surface area contributed by atoms with Crippen LogP contribution in [0, 0.1) is 5.92 Å². The Morgan fingerprint density at radius 1 is 1.21 bits per heavy atom. The van der Waals surface area contributed by atoms with Crippen molar-refractivity contribution in [1.82, 2.24) is 5.32 Å². The zero-order chi connectivity index (χ0) is 13.2. The molecular formula is C15H19BrN2O. The van der Waals surface area contributed by atoms with E-state index in [0.717, 1.165) is 36.8 Å². The highest BCUT2D eigenvalue weighted by molar-refractivity contribution is 9.10. The first-order chi connectivity index (χ1) is 9.22. The number of benzene rings is 1. The molecule has 1 saturated heterocycles. The van der Waals surface area contributed by atoms with Crippen LogP contribution < -0.4 is 10.2 Å². The van der Waals surface area contributed by atoms with Crippen LogP contribution in [0.25, 0.3) is 0 Å². The fourth-order valence-corrected chi connectivity index (χ4v) is 3.02. The highest BCUT2D eigenvalue weighted by Gasteiger charge is 2.29. The third kappa shape index (κ3) is 2.94. The van der Waals surface area contributed by atoms with Crippen molar-refractivity contribution in [3.8, 4) is 0 Å². The third-order valence-electron chi connectivity index (χ3n) is 4.20. The Bertz CT molecular complexity index is 456. The number of nitrogens with zero attached hydrogens (tertiary/aromatic N) is 1. The molecule has 102 valence electrons.